The summed E-state index contributed by atoms with van der Waals surface area (Å²) in [5.74, 6) is 0.742. The Balaban J connectivity index is 1.77. The molecule has 1 aliphatic heterocycles. The standard InChI is InChI=1S/C22H24N2O6S/c1-14(2)30-21(25)15-9-10-19-17(11-15)23-20(12-29-19)31-13-16-7-5-6-8-18(16)24(28-4)22(26)27-3/h5-11,14H,12-13H2,1-4H3. The molecule has 9 heteroatoms. The molecule has 1 amide bonds. The van der Waals surface area contributed by atoms with Crippen LogP contribution in [0.5, 0.6) is 5.75 Å². The van der Waals surface area contributed by atoms with Crippen LogP contribution in [0.1, 0.15) is 29.8 Å². The van der Waals surface area contributed by atoms with E-state index in [-0.39, 0.29) is 6.10 Å². The third-order valence-corrected chi connectivity index (χ3v) is 5.26. The molecule has 31 heavy (non-hydrogen) atoms. The fourth-order valence-electron chi connectivity index (χ4n) is 2.86. The molecule has 3 rings (SSSR count). The predicted octanol–water partition coefficient (Wildman–Crippen LogP) is 4.74. The van der Waals surface area contributed by atoms with Crippen molar-refractivity contribution in [3.8, 4) is 5.75 Å². The van der Waals surface area contributed by atoms with Crippen LogP contribution in [-0.4, -0.2) is 44.0 Å². The van der Waals surface area contributed by atoms with E-state index in [4.69, 9.17) is 19.0 Å². The zero-order valence-electron chi connectivity index (χ0n) is 17.8. The molecular weight excluding hydrogens is 420 g/mol. The normalized spacial score (nSPS) is 12.5. The summed E-state index contributed by atoms with van der Waals surface area (Å²) in [6.45, 7) is 3.92. The van der Waals surface area contributed by atoms with Crippen molar-refractivity contribution in [1.29, 1.82) is 0 Å². The minimum Gasteiger partial charge on any atom is -0.484 e. The van der Waals surface area contributed by atoms with Gasteiger partial charge in [0.15, 0.2) is 0 Å². The van der Waals surface area contributed by atoms with Crippen LogP contribution >= 0.6 is 11.8 Å². The number of aliphatic imine (C=N–C) groups is 1. The third kappa shape index (κ3) is 5.56. The van der Waals surface area contributed by atoms with Gasteiger partial charge in [0.1, 0.15) is 23.1 Å². The lowest BCUT2D eigenvalue weighted by Crippen LogP contribution is -2.30. The van der Waals surface area contributed by atoms with E-state index in [1.165, 1.54) is 26.0 Å². The highest BCUT2D eigenvalue weighted by Crippen LogP contribution is 2.35. The quantitative estimate of drug-likeness (QED) is 0.470. The Morgan fingerprint density at radius 1 is 1.19 bits per heavy atom. The second kappa shape index (κ2) is 10.3. The van der Waals surface area contributed by atoms with Gasteiger partial charge in [-0.2, -0.15) is 5.06 Å². The van der Waals surface area contributed by atoms with E-state index in [2.05, 4.69) is 4.99 Å². The van der Waals surface area contributed by atoms with Gasteiger partial charge in [0.05, 0.1) is 31.6 Å². The number of benzene rings is 2. The lowest BCUT2D eigenvalue weighted by molar-refractivity contribution is 0.0378. The number of fused-ring (bicyclic) bond motifs is 1. The highest BCUT2D eigenvalue weighted by Gasteiger charge is 2.21. The number of para-hydroxylation sites is 1. The average molecular weight is 445 g/mol. The average Bonchev–Trinajstić information content (AvgIpc) is 2.77. The van der Waals surface area contributed by atoms with Gasteiger partial charge in [-0.25, -0.2) is 14.6 Å². The van der Waals surface area contributed by atoms with Crippen molar-refractivity contribution in [2.24, 2.45) is 4.99 Å². The molecule has 0 saturated carbocycles. The second-order valence-electron chi connectivity index (χ2n) is 6.80. The minimum absolute atomic E-state index is 0.203. The molecule has 1 aliphatic rings. The number of anilines is 1. The van der Waals surface area contributed by atoms with E-state index in [1.54, 1.807) is 38.1 Å². The largest absolute Gasteiger partial charge is 0.484 e. The van der Waals surface area contributed by atoms with Crippen molar-refractivity contribution >= 4 is 40.2 Å². The number of esters is 1. The molecule has 0 bridgehead atoms. The fourth-order valence-corrected chi connectivity index (χ4v) is 3.73. The van der Waals surface area contributed by atoms with Crippen LogP contribution in [-0.2, 0) is 20.1 Å². The Morgan fingerprint density at radius 2 is 1.97 bits per heavy atom. The second-order valence-corrected chi connectivity index (χ2v) is 7.84. The van der Waals surface area contributed by atoms with Crippen molar-refractivity contribution in [1.82, 2.24) is 0 Å². The Bertz CT molecular complexity index is 992. The maximum absolute atomic E-state index is 12.2. The zero-order chi connectivity index (χ0) is 22.4. The van der Waals surface area contributed by atoms with E-state index in [1.807, 2.05) is 18.2 Å². The Labute approximate surface area is 185 Å². The van der Waals surface area contributed by atoms with Crippen molar-refractivity contribution in [3.05, 3.63) is 53.6 Å². The Hall–Kier alpha value is -3.04. The minimum atomic E-state index is -0.618. The van der Waals surface area contributed by atoms with Gasteiger partial charge >= 0.3 is 12.1 Å². The van der Waals surface area contributed by atoms with Crippen LogP contribution in [0.2, 0.25) is 0 Å². The van der Waals surface area contributed by atoms with Gasteiger partial charge in [-0.3, -0.25) is 4.84 Å². The van der Waals surface area contributed by atoms with Crippen LogP contribution in [0.4, 0.5) is 16.2 Å². The topological polar surface area (TPSA) is 86.7 Å². The SMILES string of the molecule is COC(=O)N(OC)c1ccccc1CSC1=Nc2cc(C(=O)OC(C)C)ccc2OC1. The smallest absolute Gasteiger partial charge is 0.438 e. The zero-order valence-corrected chi connectivity index (χ0v) is 18.6. The number of ether oxygens (including phenoxy) is 3. The first-order chi connectivity index (χ1) is 14.9. The lowest BCUT2D eigenvalue weighted by Gasteiger charge is -2.21. The first kappa shape index (κ1) is 22.6. The summed E-state index contributed by atoms with van der Waals surface area (Å²) >= 11 is 1.47. The summed E-state index contributed by atoms with van der Waals surface area (Å²) in [4.78, 5) is 34.0. The number of methoxy groups -OCH3 is 1. The Morgan fingerprint density at radius 3 is 2.68 bits per heavy atom. The first-order valence-electron chi connectivity index (χ1n) is 9.61. The molecule has 8 nitrogen and oxygen atoms in total. The van der Waals surface area contributed by atoms with Crippen LogP contribution in [0.3, 0.4) is 0 Å². The number of thioether (sulfide) groups is 1. The summed E-state index contributed by atoms with van der Waals surface area (Å²) in [5.41, 5.74) is 2.45. The molecular formula is C22H24N2O6S. The number of hydrogen-bond donors (Lipinski definition) is 0. The van der Waals surface area contributed by atoms with Crippen molar-refractivity contribution in [2.75, 3.05) is 25.9 Å². The molecule has 0 aliphatic carbocycles. The molecule has 0 N–H and O–H groups in total. The maximum Gasteiger partial charge on any atom is 0.438 e. The molecule has 0 aromatic heterocycles. The highest BCUT2D eigenvalue weighted by molar-refractivity contribution is 8.13. The number of amides is 1. The third-order valence-electron chi connectivity index (χ3n) is 4.26. The highest BCUT2D eigenvalue weighted by atomic mass is 32.2. The molecule has 0 saturated heterocycles. The van der Waals surface area contributed by atoms with Gasteiger partial charge < -0.3 is 14.2 Å². The van der Waals surface area contributed by atoms with Crippen LogP contribution in [0.15, 0.2) is 47.5 Å². The van der Waals surface area contributed by atoms with Gasteiger partial charge in [0.25, 0.3) is 0 Å². The van der Waals surface area contributed by atoms with Crippen molar-refractivity contribution < 1.29 is 28.6 Å². The van der Waals surface area contributed by atoms with E-state index in [0.29, 0.717) is 35.0 Å². The van der Waals surface area contributed by atoms with Crippen LogP contribution < -0.4 is 9.80 Å². The van der Waals surface area contributed by atoms with E-state index >= 15 is 0 Å². The van der Waals surface area contributed by atoms with Crippen molar-refractivity contribution in [3.63, 3.8) is 0 Å². The lowest BCUT2D eigenvalue weighted by atomic mass is 10.2. The number of carbonyl (C=O) groups excluding carboxylic acids is 2. The van der Waals surface area contributed by atoms with Gasteiger partial charge in [0.2, 0.25) is 0 Å². The van der Waals surface area contributed by atoms with E-state index < -0.39 is 12.1 Å². The van der Waals surface area contributed by atoms with Gasteiger partial charge in [0, 0.05) is 5.75 Å². The summed E-state index contributed by atoms with van der Waals surface area (Å²) in [6.07, 6.45) is -0.820. The van der Waals surface area contributed by atoms with Crippen LogP contribution in [0.25, 0.3) is 0 Å². The molecule has 0 spiro atoms. The summed E-state index contributed by atoms with van der Waals surface area (Å²) < 4.78 is 15.8. The van der Waals surface area contributed by atoms with Crippen molar-refractivity contribution in [2.45, 2.75) is 25.7 Å². The number of hydrogen-bond acceptors (Lipinski definition) is 8. The molecule has 0 fully saturated rings. The molecule has 0 atom stereocenters. The number of nitrogens with zero attached hydrogens (tertiary/aromatic N) is 2. The van der Waals surface area contributed by atoms with Gasteiger partial charge in [-0.15, -0.1) is 11.8 Å². The summed E-state index contributed by atoms with van der Waals surface area (Å²) in [7, 11) is 2.70. The number of hydroxylamine groups is 1. The first-order valence-corrected chi connectivity index (χ1v) is 10.6. The molecule has 0 radical (unpaired) electrons. The van der Waals surface area contributed by atoms with Gasteiger partial charge in [-0.1, -0.05) is 18.2 Å². The number of carbonyl (C=O) groups is 2. The summed E-state index contributed by atoms with van der Waals surface area (Å²) in [5, 5.41) is 1.84. The molecule has 2 aromatic carbocycles. The maximum atomic E-state index is 12.2. The van der Waals surface area contributed by atoms with Crippen LogP contribution in [0, 0.1) is 0 Å². The molecule has 1 heterocycles. The Kier molecular flexibility index (Phi) is 7.54. The monoisotopic (exact) mass is 444 g/mol. The van der Waals surface area contributed by atoms with E-state index in [9.17, 15) is 9.59 Å². The predicted molar refractivity (Wildman–Crippen MR) is 119 cm³/mol. The van der Waals surface area contributed by atoms with Gasteiger partial charge in [-0.05, 0) is 43.7 Å². The fraction of sp³-hybridized carbons (Fsp3) is 0.318. The summed E-state index contributed by atoms with van der Waals surface area (Å²) in [6, 6.07) is 12.4. The van der Waals surface area contributed by atoms with E-state index in [0.717, 1.165) is 15.7 Å². The molecule has 164 valence electrons. The number of rotatable bonds is 6. The molecule has 2 aromatic rings. The molecule has 0 unspecified atom stereocenters.